The van der Waals surface area contributed by atoms with Crippen molar-refractivity contribution in [1.29, 1.82) is 0 Å². The lowest BCUT2D eigenvalue weighted by Gasteiger charge is -1.97. The smallest absolute Gasteiger partial charge is 0.251 e. The van der Waals surface area contributed by atoms with E-state index in [-0.39, 0.29) is 5.91 Å². The molecule has 14 heavy (non-hydrogen) atoms. The van der Waals surface area contributed by atoms with Crippen LogP contribution in [0, 0.1) is 0 Å². The molecule has 72 valence electrons. The van der Waals surface area contributed by atoms with Crippen molar-refractivity contribution in [2.45, 2.75) is 6.54 Å². The van der Waals surface area contributed by atoms with Gasteiger partial charge < -0.3 is 11.1 Å². The van der Waals surface area contributed by atoms with Crippen molar-refractivity contribution in [3.05, 3.63) is 41.0 Å². The Morgan fingerprint density at radius 1 is 1.50 bits per heavy atom. The summed E-state index contributed by atoms with van der Waals surface area (Å²) in [5, 5.41) is 2.78. The largest absolute Gasteiger partial charge is 0.348 e. The zero-order valence-corrected chi connectivity index (χ0v) is 7.79. The first-order chi connectivity index (χ1) is 6.81. The minimum Gasteiger partial charge on any atom is -0.348 e. The fraction of sp³-hybridized carbons (Fsp3) is 0.182. The number of rotatable bonds is 2. The van der Waals surface area contributed by atoms with E-state index in [4.69, 9.17) is 5.73 Å². The van der Waals surface area contributed by atoms with Gasteiger partial charge in [0.15, 0.2) is 0 Å². The van der Waals surface area contributed by atoms with Crippen LogP contribution < -0.4 is 11.1 Å². The summed E-state index contributed by atoms with van der Waals surface area (Å²) in [5.74, 6) is 0.0226. The molecule has 1 aromatic rings. The van der Waals surface area contributed by atoms with Crippen LogP contribution in [0.1, 0.15) is 21.5 Å². The molecule has 0 fully saturated rings. The molecule has 0 spiro atoms. The molecule has 3 heteroatoms. The van der Waals surface area contributed by atoms with Crippen LogP contribution in [0.4, 0.5) is 0 Å². The summed E-state index contributed by atoms with van der Waals surface area (Å²) in [7, 11) is 0. The average molecular weight is 188 g/mol. The standard InChI is InChI=1S/C11H12N2O/c12-5-1-2-8-3-4-10-9(6-8)7-13-11(10)14/h1-4,6H,5,7,12H2,(H,13,14). The van der Waals surface area contributed by atoms with Crippen molar-refractivity contribution in [2.24, 2.45) is 5.73 Å². The second kappa shape index (κ2) is 3.64. The summed E-state index contributed by atoms with van der Waals surface area (Å²) in [4.78, 5) is 11.2. The topological polar surface area (TPSA) is 55.1 Å². The SMILES string of the molecule is NCC=Cc1ccc2c(c1)CNC2=O. The molecule has 1 aliphatic rings. The second-order valence-corrected chi connectivity index (χ2v) is 3.24. The number of hydrogen-bond donors (Lipinski definition) is 2. The molecule has 0 bridgehead atoms. The molecule has 0 atom stereocenters. The molecule has 2 rings (SSSR count). The van der Waals surface area contributed by atoms with E-state index in [0.29, 0.717) is 13.1 Å². The minimum absolute atomic E-state index is 0.0226. The number of hydrogen-bond acceptors (Lipinski definition) is 2. The van der Waals surface area contributed by atoms with E-state index in [1.54, 1.807) is 0 Å². The molecule has 0 saturated carbocycles. The first kappa shape index (κ1) is 8.97. The van der Waals surface area contributed by atoms with E-state index in [9.17, 15) is 4.79 Å². The molecule has 0 aliphatic carbocycles. The summed E-state index contributed by atoms with van der Waals surface area (Å²) in [6, 6.07) is 5.79. The summed E-state index contributed by atoms with van der Waals surface area (Å²) in [6.07, 6.45) is 3.86. The van der Waals surface area contributed by atoms with Crippen LogP contribution in [-0.4, -0.2) is 12.5 Å². The number of nitrogens with one attached hydrogen (secondary N) is 1. The van der Waals surface area contributed by atoms with Gasteiger partial charge in [0.05, 0.1) is 0 Å². The summed E-state index contributed by atoms with van der Waals surface area (Å²) in [6.45, 7) is 1.17. The van der Waals surface area contributed by atoms with Gasteiger partial charge in [-0.15, -0.1) is 0 Å². The van der Waals surface area contributed by atoms with Gasteiger partial charge in [0, 0.05) is 18.7 Å². The third-order valence-electron chi connectivity index (χ3n) is 2.26. The molecular formula is C11H12N2O. The Morgan fingerprint density at radius 2 is 2.36 bits per heavy atom. The predicted octanol–water partition coefficient (Wildman–Crippen LogP) is 0.902. The van der Waals surface area contributed by atoms with Crippen LogP contribution in [0.2, 0.25) is 0 Å². The Balaban J connectivity index is 2.32. The fourth-order valence-corrected chi connectivity index (χ4v) is 1.56. The van der Waals surface area contributed by atoms with Crippen molar-refractivity contribution in [3.63, 3.8) is 0 Å². The Bertz CT molecular complexity index is 396. The number of benzene rings is 1. The average Bonchev–Trinajstić information content (AvgIpc) is 2.57. The molecule has 3 N–H and O–H groups in total. The van der Waals surface area contributed by atoms with Crippen LogP contribution in [0.25, 0.3) is 6.08 Å². The van der Waals surface area contributed by atoms with Crippen molar-refractivity contribution in [1.82, 2.24) is 5.32 Å². The van der Waals surface area contributed by atoms with Crippen molar-refractivity contribution in [3.8, 4) is 0 Å². The van der Waals surface area contributed by atoms with Crippen LogP contribution in [0.3, 0.4) is 0 Å². The first-order valence-electron chi connectivity index (χ1n) is 4.59. The summed E-state index contributed by atoms with van der Waals surface area (Å²) < 4.78 is 0. The van der Waals surface area contributed by atoms with Gasteiger partial charge in [-0.2, -0.15) is 0 Å². The third-order valence-corrected chi connectivity index (χ3v) is 2.26. The van der Waals surface area contributed by atoms with Crippen LogP contribution in [0.5, 0.6) is 0 Å². The Kier molecular flexibility index (Phi) is 2.33. The molecule has 1 aromatic carbocycles. The molecule has 0 unspecified atom stereocenters. The van der Waals surface area contributed by atoms with E-state index in [0.717, 1.165) is 16.7 Å². The number of amides is 1. The summed E-state index contributed by atoms with van der Waals surface area (Å²) >= 11 is 0. The van der Waals surface area contributed by atoms with Crippen molar-refractivity contribution < 1.29 is 4.79 Å². The van der Waals surface area contributed by atoms with E-state index in [2.05, 4.69) is 5.32 Å². The highest BCUT2D eigenvalue weighted by atomic mass is 16.1. The Labute approximate surface area is 82.6 Å². The molecular weight excluding hydrogens is 176 g/mol. The van der Waals surface area contributed by atoms with Gasteiger partial charge in [-0.1, -0.05) is 18.2 Å². The highest BCUT2D eigenvalue weighted by Gasteiger charge is 2.17. The number of carbonyl (C=O) groups is 1. The van der Waals surface area contributed by atoms with Gasteiger partial charge >= 0.3 is 0 Å². The van der Waals surface area contributed by atoms with Crippen LogP contribution in [-0.2, 0) is 6.54 Å². The maximum absolute atomic E-state index is 11.2. The zero-order valence-electron chi connectivity index (χ0n) is 7.79. The number of fused-ring (bicyclic) bond motifs is 1. The third kappa shape index (κ3) is 1.54. The zero-order chi connectivity index (χ0) is 9.97. The first-order valence-corrected chi connectivity index (χ1v) is 4.59. The Morgan fingerprint density at radius 3 is 3.14 bits per heavy atom. The maximum atomic E-state index is 11.2. The molecule has 0 aromatic heterocycles. The second-order valence-electron chi connectivity index (χ2n) is 3.24. The lowest BCUT2D eigenvalue weighted by atomic mass is 10.1. The van der Waals surface area contributed by atoms with E-state index in [1.165, 1.54) is 0 Å². The van der Waals surface area contributed by atoms with Crippen molar-refractivity contribution in [2.75, 3.05) is 6.54 Å². The van der Waals surface area contributed by atoms with Crippen molar-refractivity contribution >= 4 is 12.0 Å². The maximum Gasteiger partial charge on any atom is 0.251 e. The fourth-order valence-electron chi connectivity index (χ4n) is 1.56. The normalized spacial score (nSPS) is 14.5. The van der Waals surface area contributed by atoms with Gasteiger partial charge in [-0.25, -0.2) is 0 Å². The molecule has 3 nitrogen and oxygen atoms in total. The monoisotopic (exact) mass is 188 g/mol. The number of nitrogens with two attached hydrogens (primary N) is 1. The lowest BCUT2D eigenvalue weighted by molar-refractivity contribution is 0.0966. The van der Waals surface area contributed by atoms with Gasteiger partial charge in [-0.05, 0) is 23.3 Å². The van der Waals surface area contributed by atoms with Gasteiger partial charge in [0.2, 0.25) is 0 Å². The molecule has 0 radical (unpaired) electrons. The van der Waals surface area contributed by atoms with E-state index in [1.807, 2.05) is 30.4 Å². The van der Waals surface area contributed by atoms with Crippen LogP contribution >= 0.6 is 0 Å². The molecule has 1 heterocycles. The lowest BCUT2D eigenvalue weighted by Crippen LogP contribution is -2.12. The van der Waals surface area contributed by atoms with E-state index < -0.39 is 0 Å². The predicted molar refractivity (Wildman–Crippen MR) is 55.7 cm³/mol. The quantitative estimate of drug-likeness (QED) is 0.724. The van der Waals surface area contributed by atoms with Crippen LogP contribution in [0.15, 0.2) is 24.3 Å². The molecule has 0 saturated heterocycles. The van der Waals surface area contributed by atoms with Gasteiger partial charge in [0.25, 0.3) is 5.91 Å². The van der Waals surface area contributed by atoms with Gasteiger partial charge in [-0.3, -0.25) is 4.79 Å². The molecule has 1 aliphatic heterocycles. The highest BCUT2D eigenvalue weighted by molar-refractivity contribution is 5.98. The molecule has 1 amide bonds. The number of carbonyl (C=O) groups excluding carboxylic acids is 1. The Hall–Kier alpha value is -1.61. The summed E-state index contributed by atoms with van der Waals surface area (Å²) in [5.41, 5.74) is 8.30. The van der Waals surface area contributed by atoms with Gasteiger partial charge in [0.1, 0.15) is 0 Å². The van der Waals surface area contributed by atoms with E-state index >= 15 is 0 Å². The minimum atomic E-state index is 0.0226. The highest BCUT2D eigenvalue weighted by Crippen LogP contribution is 2.17.